The zero-order valence-corrected chi connectivity index (χ0v) is 9.79. The Morgan fingerprint density at radius 1 is 1.53 bits per heavy atom. The van der Waals surface area contributed by atoms with E-state index in [9.17, 15) is 4.79 Å². The normalized spacial score (nSPS) is 11.3. The molecule has 0 radical (unpaired) electrons. The summed E-state index contributed by atoms with van der Waals surface area (Å²) in [4.78, 5) is 11.4. The number of carbonyl (C=O) groups is 1. The third-order valence-corrected chi connectivity index (χ3v) is 1.63. The van der Waals surface area contributed by atoms with Crippen LogP contribution in [0.25, 0.3) is 0 Å². The van der Waals surface area contributed by atoms with Crippen LogP contribution in [0.1, 0.15) is 26.3 Å². The Kier molecular flexibility index (Phi) is 3.02. The molecule has 0 fully saturated rings. The van der Waals surface area contributed by atoms with Gasteiger partial charge in [-0.05, 0) is 27.7 Å². The van der Waals surface area contributed by atoms with E-state index in [-0.39, 0.29) is 0 Å². The van der Waals surface area contributed by atoms with E-state index < -0.39 is 11.7 Å². The second-order valence-corrected chi connectivity index (χ2v) is 4.46. The standard InChI is InChI=1S/C10H17N3O2/c1-7-6-13(5)12-8(7)11-9(14)15-10(2,3)4/h6H,1-5H3,(H,11,12,14). The van der Waals surface area contributed by atoms with E-state index in [2.05, 4.69) is 10.4 Å². The van der Waals surface area contributed by atoms with Crippen LogP contribution in [-0.2, 0) is 11.8 Å². The summed E-state index contributed by atoms with van der Waals surface area (Å²) in [5, 5.41) is 6.68. The van der Waals surface area contributed by atoms with Crippen LogP contribution in [0.3, 0.4) is 0 Å². The van der Waals surface area contributed by atoms with Crippen molar-refractivity contribution < 1.29 is 9.53 Å². The summed E-state index contributed by atoms with van der Waals surface area (Å²) in [6.07, 6.45) is 1.34. The number of hydrogen-bond donors (Lipinski definition) is 1. The van der Waals surface area contributed by atoms with Gasteiger partial charge in [-0.2, -0.15) is 5.10 Å². The molecule has 1 rings (SSSR count). The Hall–Kier alpha value is -1.52. The van der Waals surface area contributed by atoms with Crippen molar-refractivity contribution in [1.82, 2.24) is 9.78 Å². The van der Waals surface area contributed by atoms with Gasteiger partial charge in [0.1, 0.15) is 5.60 Å². The number of hydrogen-bond acceptors (Lipinski definition) is 3. The summed E-state index contributed by atoms with van der Waals surface area (Å²) >= 11 is 0. The maximum absolute atomic E-state index is 11.4. The van der Waals surface area contributed by atoms with E-state index >= 15 is 0 Å². The van der Waals surface area contributed by atoms with E-state index in [0.717, 1.165) is 5.56 Å². The van der Waals surface area contributed by atoms with Gasteiger partial charge < -0.3 is 4.74 Å². The molecule has 0 spiro atoms. The van der Waals surface area contributed by atoms with Gasteiger partial charge in [-0.25, -0.2) is 4.79 Å². The molecule has 0 aromatic carbocycles. The zero-order chi connectivity index (χ0) is 11.6. The van der Waals surface area contributed by atoms with Crippen LogP contribution in [0.15, 0.2) is 6.20 Å². The highest BCUT2D eigenvalue weighted by atomic mass is 16.6. The number of nitrogens with zero attached hydrogens (tertiary/aromatic N) is 2. The highest BCUT2D eigenvalue weighted by Crippen LogP contribution is 2.13. The molecule has 0 aliphatic heterocycles. The van der Waals surface area contributed by atoms with Crippen LogP contribution in [0, 0.1) is 6.92 Å². The van der Waals surface area contributed by atoms with Gasteiger partial charge in [-0.3, -0.25) is 10.00 Å². The summed E-state index contributed by atoms with van der Waals surface area (Å²) in [5.41, 5.74) is 0.413. The van der Waals surface area contributed by atoms with Gasteiger partial charge >= 0.3 is 6.09 Å². The predicted molar refractivity (Wildman–Crippen MR) is 57.8 cm³/mol. The average Bonchev–Trinajstić information content (AvgIpc) is 2.25. The van der Waals surface area contributed by atoms with Crippen LogP contribution in [-0.4, -0.2) is 21.5 Å². The maximum Gasteiger partial charge on any atom is 0.413 e. The first-order valence-corrected chi connectivity index (χ1v) is 4.78. The van der Waals surface area contributed by atoms with E-state index in [1.54, 1.807) is 11.7 Å². The number of amides is 1. The molecule has 0 aliphatic carbocycles. The summed E-state index contributed by atoms with van der Waals surface area (Å²) in [5.74, 6) is 0.534. The lowest BCUT2D eigenvalue weighted by molar-refractivity contribution is 0.0635. The lowest BCUT2D eigenvalue weighted by Crippen LogP contribution is -2.27. The first kappa shape index (κ1) is 11.6. The van der Waals surface area contributed by atoms with Crippen molar-refractivity contribution in [2.24, 2.45) is 7.05 Å². The SMILES string of the molecule is Cc1cn(C)nc1NC(=O)OC(C)(C)C. The minimum absolute atomic E-state index is 0.482. The molecule has 1 heterocycles. The number of anilines is 1. The first-order chi connectivity index (χ1) is 6.78. The lowest BCUT2D eigenvalue weighted by atomic mass is 10.2. The molecule has 1 aromatic heterocycles. The van der Waals surface area contributed by atoms with Crippen molar-refractivity contribution >= 4 is 11.9 Å². The Balaban J connectivity index is 2.63. The Labute approximate surface area is 89.4 Å². The first-order valence-electron chi connectivity index (χ1n) is 4.78. The van der Waals surface area contributed by atoms with Crippen LogP contribution in [0.5, 0.6) is 0 Å². The van der Waals surface area contributed by atoms with Crippen LogP contribution >= 0.6 is 0 Å². The molecular weight excluding hydrogens is 194 g/mol. The molecule has 1 amide bonds. The monoisotopic (exact) mass is 211 g/mol. The molecule has 0 atom stereocenters. The third kappa shape index (κ3) is 3.61. The molecule has 15 heavy (non-hydrogen) atoms. The molecule has 1 N–H and O–H groups in total. The fourth-order valence-electron chi connectivity index (χ4n) is 1.13. The summed E-state index contributed by atoms with van der Waals surface area (Å²) < 4.78 is 6.75. The minimum Gasteiger partial charge on any atom is -0.444 e. The second-order valence-electron chi connectivity index (χ2n) is 4.46. The third-order valence-electron chi connectivity index (χ3n) is 1.63. The molecule has 1 aromatic rings. The Morgan fingerprint density at radius 2 is 2.13 bits per heavy atom. The Bertz CT molecular complexity index is 363. The fourth-order valence-corrected chi connectivity index (χ4v) is 1.13. The van der Waals surface area contributed by atoms with Gasteiger partial charge in [0.05, 0.1) is 0 Å². The summed E-state index contributed by atoms with van der Waals surface area (Å²) in [6.45, 7) is 7.33. The average molecular weight is 211 g/mol. The number of aryl methyl sites for hydroxylation is 2. The topological polar surface area (TPSA) is 56.2 Å². The predicted octanol–water partition coefficient (Wildman–Crippen LogP) is 2.08. The molecule has 0 saturated heterocycles. The van der Waals surface area contributed by atoms with Crippen molar-refractivity contribution in [2.75, 3.05) is 5.32 Å². The number of aromatic nitrogens is 2. The highest BCUT2D eigenvalue weighted by Gasteiger charge is 2.17. The smallest absolute Gasteiger partial charge is 0.413 e. The van der Waals surface area contributed by atoms with E-state index in [4.69, 9.17) is 4.74 Å². The lowest BCUT2D eigenvalue weighted by Gasteiger charge is -2.19. The van der Waals surface area contributed by atoms with Crippen LogP contribution in [0.4, 0.5) is 10.6 Å². The molecule has 0 unspecified atom stereocenters. The molecule has 0 saturated carbocycles. The van der Waals surface area contributed by atoms with Gasteiger partial charge in [-0.15, -0.1) is 0 Å². The number of nitrogens with one attached hydrogen (secondary N) is 1. The molecule has 84 valence electrons. The van der Waals surface area contributed by atoms with E-state index in [1.807, 2.05) is 33.9 Å². The summed E-state index contributed by atoms with van der Waals surface area (Å²) in [6, 6.07) is 0. The van der Waals surface area contributed by atoms with Gasteiger partial charge in [0.2, 0.25) is 0 Å². The van der Waals surface area contributed by atoms with Crippen LogP contribution in [0.2, 0.25) is 0 Å². The quantitative estimate of drug-likeness (QED) is 0.773. The van der Waals surface area contributed by atoms with Gasteiger partial charge in [0.15, 0.2) is 5.82 Å². The van der Waals surface area contributed by atoms with Gasteiger partial charge in [0.25, 0.3) is 0 Å². The number of carbonyl (C=O) groups excluding carboxylic acids is 1. The number of rotatable bonds is 1. The largest absolute Gasteiger partial charge is 0.444 e. The van der Waals surface area contributed by atoms with Crippen molar-refractivity contribution in [3.8, 4) is 0 Å². The minimum atomic E-state index is -0.493. The summed E-state index contributed by atoms with van der Waals surface area (Å²) in [7, 11) is 1.80. The molecule has 5 nitrogen and oxygen atoms in total. The number of ether oxygens (including phenoxy) is 1. The van der Waals surface area contributed by atoms with Gasteiger partial charge in [-0.1, -0.05) is 0 Å². The van der Waals surface area contributed by atoms with Crippen LogP contribution < -0.4 is 5.32 Å². The maximum atomic E-state index is 11.4. The van der Waals surface area contributed by atoms with Crippen molar-refractivity contribution in [3.05, 3.63) is 11.8 Å². The van der Waals surface area contributed by atoms with Crippen molar-refractivity contribution in [2.45, 2.75) is 33.3 Å². The van der Waals surface area contributed by atoms with Crippen molar-refractivity contribution in [3.63, 3.8) is 0 Å². The molecular formula is C10H17N3O2. The molecule has 0 aliphatic rings. The van der Waals surface area contributed by atoms with E-state index in [0.29, 0.717) is 5.82 Å². The van der Waals surface area contributed by atoms with E-state index in [1.165, 1.54) is 0 Å². The fraction of sp³-hybridized carbons (Fsp3) is 0.600. The van der Waals surface area contributed by atoms with Crippen molar-refractivity contribution in [1.29, 1.82) is 0 Å². The van der Waals surface area contributed by atoms with Gasteiger partial charge in [0, 0.05) is 18.8 Å². The second kappa shape index (κ2) is 3.92. The Morgan fingerprint density at radius 3 is 2.53 bits per heavy atom. The highest BCUT2D eigenvalue weighted by molar-refractivity contribution is 5.84. The molecule has 0 bridgehead atoms. The molecule has 5 heteroatoms. The zero-order valence-electron chi connectivity index (χ0n) is 9.79.